The molecule has 1 saturated heterocycles. The fourth-order valence-corrected chi connectivity index (χ4v) is 1.76. The van der Waals surface area contributed by atoms with Crippen LogP contribution in [0.2, 0.25) is 0 Å². The first-order chi connectivity index (χ1) is 6.79. The van der Waals surface area contributed by atoms with Gasteiger partial charge in [-0.3, -0.25) is 0 Å². The van der Waals surface area contributed by atoms with E-state index in [1.54, 1.807) is 12.1 Å². The van der Waals surface area contributed by atoms with Crippen LogP contribution in [0.15, 0.2) is 24.3 Å². The third kappa shape index (κ3) is 2.26. The molecule has 2 heteroatoms. The number of benzene rings is 1. The second-order valence-corrected chi connectivity index (χ2v) is 3.83. The predicted octanol–water partition coefficient (Wildman–Crippen LogP) is 2.50. The maximum atomic E-state index is 9.10. The minimum absolute atomic E-state index is 0.336. The summed E-state index contributed by atoms with van der Waals surface area (Å²) < 4.78 is 5.46. The molecule has 1 aromatic rings. The van der Waals surface area contributed by atoms with Crippen molar-refractivity contribution in [3.63, 3.8) is 0 Å². The zero-order valence-electron chi connectivity index (χ0n) is 8.44. The number of ether oxygens (including phenoxy) is 1. The van der Waals surface area contributed by atoms with Crippen LogP contribution >= 0.6 is 0 Å². The van der Waals surface area contributed by atoms with Gasteiger partial charge in [0.15, 0.2) is 0 Å². The number of hydrogen-bond acceptors (Lipinski definition) is 2. The van der Waals surface area contributed by atoms with Crippen LogP contribution in [0.4, 0.5) is 0 Å². The first kappa shape index (κ1) is 9.53. The molecular weight excluding hydrogens is 176 g/mol. The summed E-state index contributed by atoms with van der Waals surface area (Å²) in [5.41, 5.74) is 1.27. The molecule has 76 valence electrons. The Bertz CT molecular complexity index is 292. The quantitative estimate of drug-likeness (QED) is 0.743. The Hall–Kier alpha value is -1.02. The molecule has 2 unspecified atom stereocenters. The molecule has 1 aliphatic rings. The van der Waals surface area contributed by atoms with Gasteiger partial charge in [0.2, 0.25) is 0 Å². The molecule has 0 bridgehead atoms. The fourth-order valence-electron chi connectivity index (χ4n) is 1.76. The van der Waals surface area contributed by atoms with E-state index in [9.17, 15) is 0 Å². The monoisotopic (exact) mass is 192 g/mol. The predicted molar refractivity (Wildman–Crippen MR) is 55.4 cm³/mol. The molecule has 0 saturated carbocycles. The molecule has 2 nitrogen and oxygen atoms in total. The minimum Gasteiger partial charge on any atom is -0.508 e. The zero-order chi connectivity index (χ0) is 9.97. The van der Waals surface area contributed by atoms with Crippen molar-refractivity contribution in [1.82, 2.24) is 0 Å². The summed E-state index contributed by atoms with van der Waals surface area (Å²) in [6.45, 7) is 2.16. The molecule has 14 heavy (non-hydrogen) atoms. The summed E-state index contributed by atoms with van der Waals surface area (Å²) in [5.74, 6) is 0.336. The van der Waals surface area contributed by atoms with Crippen molar-refractivity contribution >= 4 is 0 Å². The van der Waals surface area contributed by atoms with Gasteiger partial charge in [0.1, 0.15) is 5.75 Å². The van der Waals surface area contributed by atoms with E-state index in [1.807, 2.05) is 12.1 Å². The number of aryl methyl sites for hydroxylation is 1. The highest BCUT2D eigenvalue weighted by Gasteiger charge is 2.35. The second-order valence-electron chi connectivity index (χ2n) is 3.83. The van der Waals surface area contributed by atoms with E-state index >= 15 is 0 Å². The maximum absolute atomic E-state index is 9.10. The summed E-state index contributed by atoms with van der Waals surface area (Å²) in [5, 5.41) is 9.10. The SMILES string of the molecule is CCC1OC1CCc1ccc(O)cc1. The maximum Gasteiger partial charge on any atom is 0.115 e. The largest absolute Gasteiger partial charge is 0.508 e. The van der Waals surface area contributed by atoms with Crippen molar-refractivity contribution in [2.24, 2.45) is 0 Å². The lowest BCUT2D eigenvalue weighted by molar-refractivity contribution is 0.360. The Balaban J connectivity index is 1.78. The lowest BCUT2D eigenvalue weighted by Gasteiger charge is -1.99. The molecular formula is C12H16O2. The average Bonchev–Trinajstić information content (AvgIpc) is 2.96. The van der Waals surface area contributed by atoms with Gasteiger partial charge < -0.3 is 9.84 Å². The van der Waals surface area contributed by atoms with Crippen molar-refractivity contribution in [3.8, 4) is 5.75 Å². The van der Waals surface area contributed by atoms with Gasteiger partial charge in [-0.05, 0) is 37.0 Å². The van der Waals surface area contributed by atoms with Gasteiger partial charge in [-0.2, -0.15) is 0 Å². The van der Waals surface area contributed by atoms with Crippen molar-refractivity contribution in [1.29, 1.82) is 0 Å². The topological polar surface area (TPSA) is 32.8 Å². The minimum atomic E-state index is 0.336. The van der Waals surface area contributed by atoms with E-state index in [-0.39, 0.29) is 0 Å². The summed E-state index contributed by atoms with van der Waals surface area (Å²) >= 11 is 0. The third-order valence-corrected chi connectivity index (χ3v) is 2.74. The van der Waals surface area contributed by atoms with Crippen LogP contribution in [0.5, 0.6) is 5.75 Å². The van der Waals surface area contributed by atoms with Gasteiger partial charge in [-0.15, -0.1) is 0 Å². The van der Waals surface area contributed by atoms with Crippen LogP contribution in [0.3, 0.4) is 0 Å². The normalized spacial score (nSPS) is 24.9. The summed E-state index contributed by atoms with van der Waals surface area (Å²) in [7, 11) is 0. The molecule has 2 atom stereocenters. The Morgan fingerprint density at radius 2 is 1.93 bits per heavy atom. The smallest absolute Gasteiger partial charge is 0.115 e. The highest BCUT2D eigenvalue weighted by Crippen LogP contribution is 2.29. The zero-order valence-corrected chi connectivity index (χ0v) is 8.44. The van der Waals surface area contributed by atoms with Crippen molar-refractivity contribution in [2.45, 2.75) is 38.4 Å². The molecule has 1 aromatic carbocycles. The number of phenols is 1. The summed E-state index contributed by atoms with van der Waals surface area (Å²) in [6, 6.07) is 7.41. The molecule has 1 aliphatic heterocycles. The van der Waals surface area contributed by atoms with Gasteiger partial charge in [0.25, 0.3) is 0 Å². The van der Waals surface area contributed by atoms with E-state index < -0.39 is 0 Å². The van der Waals surface area contributed by atoms with Gasteiger partial charge >= 0.3 is 0 Å². The van der Waals surface area contributed by atoms with Gasteiger partial charge in [0, 0.05) is 0 Å². The number of aromatic hydroxyl groups is 1. The molecule has 0 aliphatic carbocycles. The number of rotatable bonds is 4. The Morgan fingerprint density at radius 1 is 1.21 bits per heavy atom. The number of phenolic OH excluding ortho intramolecular Hbond substituents is 1. The van der Waals surface area contributed by atoms with E-state index in [0.29, 0.717) is 18.0 Å². The fraction of sp³-hybridized carbons (Fsp3) is 0.500. The first-order valence-corrected chi connectivity index (χ1v) is 5.23. The van der Waals surface area contributed by atoms with Crippen LogP contribution in [-0.2, 0) is 11.2 Å². The molecule has 1 heterocycles. The average molecular weight is 192 g/mol. The Labute approximate surface area is 84.5 Å². The van der Waals surface area contributed by atoms with Crippen molar-refractivity contribution in [2.75, 3.05) is 0 Å². The van der Waals surface area contributed by atoms with Crippen LogP contribution in [0, 0.1) is 0 Å². The Morgan fingerprint density at radius 3 is 2.50 bits per heavy atom. The van der Waals surface area contributed by atoms with E-state index in [2.05, 4.69) is 6.92 Å². The summed E-state index contributed by atoms with van der Waals surface area (Å²) in [4.78, 5) is 0. The van der Waals surface area contributed by atoms with E-state index in [4.69, 9.17) is 9.84 Å². The van der Waals surface area contributed by atoms with Crippen molar-refractivity contribution < 1.29 is 9.84 Å². The highest BCUT2D eigenvalue weighted by molar-refractivity contribution is 5.26. The van der Waals surface area contributed by atoms with Crippen molar-refractivity contribution in [3.05, 3.63) is 29.8 Å². The number of epoxide rings is 1. The first-order valence-electron chi connectivity index (χ1n) is 5.23. The van der Waals surface area contributed by atoms with Gasteiger partial charge in [-0.25, -0.2) is 0 Å². The standard InChI is InChI=1S/C12H16O2/c1-2-11-12(14-11)8-5-9-3-6-10(13)7-4-9/h3-4,6-7,11-13H,2,5,8H2,1H3. The molecule has 0 radical (unpaired) electrons. The second kappa shape index (κ2) is 4.01. The number of hydrogen-bond donors (Lipinski definition) is 1. The lowest BCUT2D eigenvalue weighted by atomic mass is 10.1. The molecule has 1 fully saturated rings. The highest BCUT2D eigenvalue weighted by atomic mass is 16.6. The third-order valence-electron chi connectivity index (χ3n) is 2.74. The molecule has 1 N–H and O–H groups in total. The molecule has 2 rings (SSSR count). The van der Waals surface area contributed by atoms with Crippen LogP contribution in [0.25, 0.3) is 0 Å². The molecule has 0 amide bonds. The van der Waals surface area contributed by atoms with Crippen LogP contribution < -0.4 is 0 Å². The van der Waals surface area contributed by atoms with E-state index in [1.165, 1.54) is 5.56 Å². The van der Waals surface area contributed by atoms with Gasteiger partial charge in [-0.1, -0.05) is 19.1 Å². The molecule has 0 spiro atoms. The summed E-state index contributed by atoms with van der Waals surface area (Å²) in [6.07, 6.45) is 4.26. The Kier molecular flexibility index (Phi) is 2.73. The lowest BCUT2D eigenvalue weighted by Crippen LogP contribution is -1.95. The van der Waals surface area contributed by atoms with Crippen LogP contribution in [0.1, 0.15) is 25.3 Å². The van der Waals surface area contributed by atoms with Crippen LogP contribution in [-0.4, -0.2) is 17.3 Å². The van der Waals surface area contributed by atoms with E-state index in [0.717, 1.165) is 19.3 Å². The molecule has 0 aromatic heterocycles. The van der Waals surface area contributed by atoms with Gasteiger partial charge in [0.05, 0.1) is 12.2 Å².